The molecule has 3 heterocycles. The molecular formula is C22H28Cl2N4O2. The molecule has 0 radical (unpaired) electrons. The van der Waals surface area contributed by atoms with Crippen molar-refractivity contribution < 1.29 is 9.53 Å². The van der Waals surface area contributed by atoms with Gasteiger partial charge in [-0.3, -0.25) is 4.79 Å². The average Bonchev–Trinajstić information content (AvgIpc) is 3.33. The Hall–Kier alpha value is -1.50. The quantitative estimate of drug-likeness (QED) is 0.738. The van der Waals surface area contributed by atoms with Crippen LogP contribution in [0.5, 0.6) is 0 Å². The zero-order valence-corrected chi connectivity index (χ0v) is 18.6. The molecule has 2 aliphatic heterocycles. The number of carbonyl (C=O) groups is 1. The lowest BCUT2D eigenvalue weighted by molar-refractivity contribution is -0.126. The molecule has 2 aromatic rings. The normalized spacial score (nSPS) is 23.1. The number of nitrogens with zero attached hydrogens (tertiary/aromatic N) is 3. The van der Waals surface area contributed by atoms with Crippen LogP contribution >= 0.6 is 23.2 Å². The van der Waals surface area contributed by atoms with Crippen LogP contribution < -0.4 is 10.2 Å². The first kappa shape index (κ1) is 20.4. The molecule has 2 saturated heterocycles. The Balaban J connectivity index is 1.33. The Morgan fingerprint density at radius 1 is 1.13 bits per heavy atom. The highest BCUT2D eigenvalue weighted by molar-refractivity contribution is 6.42. The van der Waals surface area contributed by atoms with E-state index in [1.807, 2.05) is 12.1 Å². The van der Waals surface area contributed by atoms with Crippen LogP contribution in [0.4, 0.5) is 5.95 Å². The molecule has 8 heteroatoms. The standard InChI is InChI=1S/C22H28Cl2N4O2/c23-17-10-19-20(11-18(17)24)28(12-14-2-1-3-14)22(26-19)27-7-4-15(5-8-27)21(29)25-16-6-9-30-13-16/h10-11,14-16H,1-9,12-13H2,(H,25,29). The Kier molecular flexibility index (Phi) is 5.82. The highest BCUT2D eigenvalue weighted by atomic mass is 35.5. The molecule has 3 fully saturated rings. The molecule has 162 valence electrons. The maximum atomic E-state index is 12.6. The molecule has 1 amide bonds. The molecule has 1 aliphatic carbocycles. The van der Waals surface area contributed by atoms with Crippen molar-refractivity contribution >= 4 is 46.1 Å². The van der Waals surface area contributed by atoms with Gasteiger partial charge in [-0.2, -0.15) is 0 Å². The third-order valence-corrected chi connectivity index (χ3v) is 7.58. The number of imidazole rings is 1. The second-order valence-electron chi connectivity index (χ2n) is 8.90. The first-order valence-corrected chi connectivity index (χ1v) is 11.8. The summed E-state index contributed by atoms with van der Waals surface area (Å²) in [5, 5.41) is 4.26. The molecule has 0 bridgehead atoms. The molecule has 3 aliphatic rings. The third kappa shape index (κ3) is 4.02. The van der Waals surface area contributed by atoms with Gasteiger partial charge in [-0.25, -0.2) is 4.98 Å². The van der Waals surface area contributed by atoms with E-state index in [9.17, 15) is 4.79 Å². The topological polar surface area (TPSA) is 59.4 Å². The molecular weight excluding hydrogens is 423 g/mol. The number of amides is 1. The first-order valence-electron chi connectivity index (χ1n) is 11.1. The molecule has 1 aromatic heterocycles. The fourth-order valence-corrected chi connectivity index (χ4v) is 5.09. The molecule has 0 spiro atoms. The highest BCUT2D eigenvalue weighted by Crippen LogP contribution is 2.35. The van der Waals surface area contributed by atoms with Gasteiger partial charge in [-0.15, -0.1) is 0 Å². The number of hydrogen-bond acceptors (Lipinski definition) is 4. The number of carbonyl (C=O) groups excluding carboxylic acids is 1. The average molecular weight is 451 g/mol. The molecule has 6 nitrogen and oxygen atoms in total. The van der Waals surface area contributed by atoms with Crippen LogP contribution in [-0.2, 0) is 16.1 Å². The molecule has 30 heavy (non-hydrogen) atoms. The summed E-state index contributed by atoms with van der Waals surface area (Å²) in [5.41, 5.74) is 1.94. The SMILES string of the molecule is O=C(NC1CCOC1)C1CCN(c2nc3cc(Cl)c(Cl)cc3n2CC2CCC2)CC1. The van der Waals surface area contributed by atoms with E-state index in [0.717, 1.165) is 62.5 Å². The fraction of sp³-hybridized carbons (Fsp3) is 0.636. The van der Waals surface area contributed by atoms with Crippen LogP contribution in [0.1, 0.15) is 38.5 Å². The van der Waals surface area contributed by atoms with Crippen molar-refractivity contribution in [2.75, 3.05) is 31.2 Å². The van der Waals surface area contributed by atoms with Gasteiger partial charge in [-0.1, -0.05) is 29.6 Å². The van der Waals surface area contributed by atoms with Crippen molar-refractivity contribution in [2.45, 2.75) is 51.1 Å². The Labute approximate surface area is 186 Å². The molecule has 1 N–H and O–H groups in total. The third-order valence-electron chi connectivity index (χ3n) is 6.86. The number of aromatic nitrogens is 2. The number of nitrogens with one attached hydrogen (secondary N) is 1. The van der Waals surface area contributed by atoms with Gasteiger partial charge in [0.05, 0.1) is 33.7 Å². The maximum Gasteiger partial charge on any atom is 0.223 e. The van der Waals surface area contributed by atoms with Crippen LogP contribution in [-0.4, -0.2) is 47.8 Å². The Morgan fingerprint density at radius 3 is 2.57 bits per heavy atom. The largest absolute Gasteiger partial charge is 0.379 e. The number of fused-ring (bicyclic) bond motifs is 1. The summed E-state index contributed by atoms with van der Waals surface area (Å²) in [4.78, 5) is 19.9. The van der Waals surface area contributed by atoms with Crippen LogP contribution in [0.25, 0.3) is 11.0 Å². The Morgan fingerprint density at radius 2 is 1.90 bits per heavy atom. The van der Waals surface area contributed by atoms with Crippen molar-refractivity contribution in [2.24, 2.45) is 11.8 Å². The summed E-state index contributed by atoms with van der Waals surface area (Å²) >= 11 is 12.6. The molecule has 1 saturated carbocycles. The molecule has 1 aromatic carbocycles. The summed E-state index contributed by atoms with van der Waals surface area (Å²) in [6.45, 7) is 4.00. The number of anilines is 1. The van der Waals surface area contributed by atoms with Gasteiger partial charge in [-0.05, 0) is 50.2 Å². The summed E-state index contributed by atoms with van der Waals surface area (Å²) in [6, 6.07) is 3.99. The van der Waals surface area contributed by atoms with E-state index >= 15 is 0 Å². The van der Waals surface area contributed by atoms with E-state index in [0.29, 0.717) is 22.6 Å². The predicted octanol–water partition coefficient (Wildman–Crippen LogP) is 4.26. The molecule has 1 atom stereocenters. The van der Waals surface area contributed by atoms with Crippen molar-refractivity contribution in [3.8, 4) is 0 Å². The van der Waals surface area contributed by atoms with Gasteiger partial charge in [0.2, 0.25) is 11.9 Å². The van der Waals surface area contributed by atoms with Crippen LogP contribution in [0.3, 0.4) is 0 Å². The lowest BCUT2D eigenvalue weighted by Crippen LogP contribution is -2.44. The smallest absolute Gasteiger partial charge is 0.223 e. The van der Waals surface area contributed by atoms with Gasteiger partial charge in [0.25, 0.3) is 0 Å². The zero-order chi connectivity index (χ0) is 20.7. The summed E-state index contributed by atoms with van der Waals surface area (Å²) in [5.74, 6) is 1.92. The second kappa shape index (κ2) is 8.56. The fourth-order valence-electron chi connectivity index (χ4n) is 4.77. The number of rotatable bonds is 5. The summed E-state index contributed by atoms with van der Waals surface area (Å²) in [6.07, 6.45) is 6.45. The number of hydrogen-bond donors (Lipinski definition) is 1. The minimum Gasteiger partial charge on any atom is -0.379 e. The van der Waals surface area contributed by atoms with Gasteiger partial charge >= 0.3 is 0 Å². The van der Waals surface area contributed by atoms with E-state index < -0.39 is 0 Å². The van der Waals surface area contributed by atoms with Crippen LogP contribution in [0.2, 0.25) is 10.0 Å². The summed E-state index contributed by atoms with van der Waals surface area (Å²) < 4.78 is 7.69. The van der Waals surface area contributed by atoms with Gasteiger partial charge < -0.3 is 19.5 Å². The lowest BCUT2D eigenvalue weighted by atomic mass is 9.85. The second-order valence-corrected chi connectivity index (χ2v) is 9.72. The molecule has 5 rings (SSSR count). The van der Waals surface area contributed by atoms with Crippen molar-refractivity contribution in [1.29, 1.82) is 0 Å². The van der Waals surface area contributed by atoms with E-state index in [4.69, 9.17) is 32.9 Å². The monoisotopic (exact) mass is 450 g/mol. The number of piperidine rings is 1. The van der Waals surface area contributed by atoms with Crippen molar-refractivity contribution in [3.05, 3.63) is 22.2 Å². The number of halogens is 2. The van der Waals surface area contributed by atoms with E-state index in [1.54, 1.807) is 0 Å². The number of benzene rings is 1. The first-order chi connectivity index (χ1) is 14.6. The minimum atomic E-state index is 0.0650. The van der Waals surface area contributed by atoms with E-state index in [2.05, 4.69) is 14.8 Å². The highest BCUT2D eigenvalue weighted by Gasteiger charge is 2.30. The van der Waals surface area contributed by atoms with Gasteiger partial charge in [0.1, 0.15) is 0 Å². The maximum absolute atomic E-state index is 12.6. The number of ether oxygens (including phenoxy) is 1. The lowest BCUT2D eigenvalue weighted by Gasteiger charge is -2.34. The van der Waals surface area contributed by atoms with Crippen LogP contribution in [0.15, 0.2) is 12.1 Å². The molecule has 1 unspecified atom stereocenters. The zero-order valence-electron chi connectivity index (χ0n) is 17.1. The van der Waals surface area contributed by atoms with Gasteiger partial charge in [0.15, 0.2) is 0 Å². The minimum absolute atomic E-state index is 0.0650. The van der Waals surface area contributed by atoms with E-state index in [1.165, 1.54) is 19.3 Å². The van der Waals surface area contributed by atoms with E-state index in [-0.39, 0.29) is 17.9 Å². The van der Waals surface area contributed by atoms with Crippen molar-refractivity contribution in [3.63, 3.8) is 0 Å². The van der Waals surface area contributed by atoms with Gasteiger partial charge in [0, 0.05) is 32.2 Å². The predicted molar refractivity (Wildman–Crippen MR) is 119 cm³/mol. The van der Waals surface area contributed by atoms with Crippen molar-refractivity contribution in [1.82, 2.24) is 14.9 Å². The Bertz CT molecular complexity index is 929. The van der Waals surface area contributed by atoms with Crippen LogP contribution in [0, 0.1) is 11.8 Å². The summed E-state index contributed by atoms with van der Waals surface area (Å²) in [7, 11) is 0.